The molecule has 3 aromatic rings. The maximum atomic E-state index is 4.77. The topological polar surface area (TPSA) is 56.7 Å². The van der Waals surface area contributed by atoms with Gasteiger partial charge in [-0.05, 0) is 25.5 Å². The van der Waals surface area contributed by atoms with Crippen molar-refractivity contribution >= 4 is 11.0 Å². The van der Waals surface area contributed by atoms with Gasteiger partial charge in [-0.3, -0.25) is 0 Å². The Hall–Kier alpha value is -2.17. The fraction of sp³-hybridized carbons (Fsp3) is 0.357. The molecule has 0 bridgehead atoms. The summed E-state index contributed by atoms with van der Waals surface area (Å²) in [5, 5.41) is 7.80. The normalized spacial score (nSPS) is 11.3. The first-order valence-electron chi connectivity index (χ1n) is 6.51. The highest BCUT2D eigenvalue weighted by Crippen LogP contribution is 2.19. The Morgan fingerprint density at radius 2 is 2.05 bits per heavy atom. The Morgan fingerprint density at radius 1 is 1.21 bits per heavy atom. The Balaban J connectivity index is 2.09. The molecular formula is C14H16N4O. The van der Waals surface area contributed by atoms with Crippen molar-refractivity contribution in [3.63, 3.8) is 0 Å². The number of imidazole rings is 1. The van der Waals surface area contributed by atoms with Gasteiger partial charge in [0.05, 0.1) is 17.6 Å². The minimum absolute atomic E-state index is 0.658. The molecule has 0 aliphatic rings. The van der Waals surface area contributed by atoms with E-state index in [1.54, 1.807) is 0 Å². The maximum absolute atomic E-state index is 4.77. The summed E-state index contributed by atoms with van der Waals surface area (Å²) in [7, 11) is 0. The fourth-order valence-electron chi connectivity index (χ4n) is 2.26. The molecule has 19 heavy (non-hydrogen) atoms. The van der Waals surface area contributed by atoms with Crippen molar-refractivity contribution in [3.05, 3.63) is 41.5 Å². The predicted octanol–water partition coefficient (Wildman–Crippen LogP) is 2.73. The Kier molecular flexibility index (Phi) is 3.03. The van der Waals surface area contributed by atoms with Crippen LogP contribution in [0.4, 0.5) is 0 Å². The van der Waals surface area contributed by atoms with E-state index in [2.05, 4.69) is 27.9 Å². The summed E-state index contributed by atoms with van der Waals surface area (Å²) >= 11 is 0. The number of para-hydroxylation sites is 2. The molecule has 0 aliphatic carbocycles. The highest BCUT2D eigenvalue weighted by atomic mass is 16.6. The van der Waals surface area contributed by atoms with Gasteiger partial charge in [-0.2, -0.15) is 0 Å². The second-order valence-electron chi connectivity index (χ2n) is 4.65. The van der Waals surface area contributed by atoms with Gasteiger partial charge in [0.2, 0.25) is 0 Å². The van der Waals surface area contributed by atoms with Crippen LogP contribution in [0, 0.1) is 6.92 Å². The zero-order valence-corrected chi connectivity index (χ0v) is 11.1. The van der Waals surface area contributed by atoms with Gasteiger partial charge >= 0.3 is 0 Å². The number of nitrogens with zero attached hydrogens (tertiary/aromatic N) is 4. The van der Waals surface area contributed by atoms with E-state index in [1.165, 1.54) is 0 Å². The lowest BCUT2D eigenvalue weighted by molar-refractivity contribution is 0.300. The molecule has 5 heteroatoms. The van der Waals surface area contributed by atoms with Crippen LogP contribution in [0.1, 0.15) is 30.6 Å². The summed E-state index contributed by atoms with van der Waals surface area (Å²) in [6.45, 7) is 4.72. The van der Waals surface area contributed by atoms with Crippen molar-refractivity contribution in [3.8, 4) is 0 Å². The summed E-state index contributed by atoms with van der Waals surface area (Å²) in [6, 6.07) is 8.17. The number of rotatable bonds is 4. The van der Waals surface area contributed by atoms with Crippen molar-refractivity contribution in [2.75, 3.05) is 0 Å². The standard InChI is InChI=1S/C14H16N4O/c1-3-6-14-15-11-7-4-5-8-13(11)18(14)9-12-10(2)16-19-17-12/h4-5,7-8H,3,6,9H2,1-2H3. The Morgan fingerprint density at radius 3 is 2.79 bits per heavy atom. The summed E-state index contributed by atoms with van der Waals surface area (Å²) in [5.74, 6) is 1.09. The smallest absolute Gasteiger partial charge is 0.127 e. The van der Waals surface area contributed by atoms with E-state index in [0.29, 0.717) is 6.54 Å². The van der Waals surface area contributed by atoms with Crippen LogP contribution in [0.15, 0.2) is 28.9 Å². The third kappa shape index (κ3) is 2.12. The van der Waals surface area contributed by atoms with Crippen LogP contribution in [-0.4, -0.2) is 19.9 Å². The molecule has 5 nitrogen and oxygen atoms in total. The van der Waals surface area contributed by atoms with Crippen LogP contribution in [0.5, 0.6) is 0 Å². The number of aryl methyl sites for hydroxylation is 2. The Bertz CT molecular complexity index is 698. The molecule has 0 fully saturated rings. The number of hydrogen-bond donors (Lipinski definition) is 0. The van der Waals surface area contributed by atoms with Crippen LogP contribution in [0.3, 0.4) is 0 Å². The maximum Gasteiger partial charge on any atom is 0.127 e. The van der Waals surface area contributed by atoms with E-state index in [1.807, 2.05) is 25.1 Å². The fourth-order valence-corrected chi connectivity index (χ4v) is 2.26. The molecule has 98 valence electrons. The molecule has 2 heterocycles. The lowest BCUT2D eigenvalue weighted by Gasteiger charge is -2.06. The zero-order chi connectivity index (χ0) is 13.2. The first-order valence-corrected chi connectivity index (χ1v) is 6.51. The van der Waals surface area contributed by atoms with Gasteiger partial charge in [0.1, 0.15) is 17.2 Å². The number of benzene rings is 1. The molecule has 0 N–H and O–H groups in total. The second kappa shape index (κ2) is 4.84. The molecule has 0 radical (unpaired) electrons. The lowest BCUT2D eigenvalue weighted by Crippen LogP contribution is -2.06. The zero-order valence-electron chi connectivity index (χ0n) is 11.1. The largest absolute Gasteiger partial charge is 0.322 e. The van der Waals surface area contributed by atoms with Crippen molar-refractivity contribution < 1.29 is 4.63 Å². The number of aromatic nitrogens is 4. The van der Waals surface area contributed by atoms with E-state index in [9.17, 15) is 0 Å². The third-order valence-corrected chi connectivity index (χ3v) is 3.26. The van der Waals surface area contributed by atoms with E-state index in [4.69, 9.17) is 9.61 Å². The van der Waals surface area contributed by atoms with Crippen molar-refractivity contribution in [1.29, 1.82) is 0 Å². The van der Waals surface area contributed by atoms with Gasteiger partial charge in [-0.15, -0.1) is 0 Å². The molecule has 0 saturated carbocycles. The van der Waals surface area contributed by atoms with Gasteiger partial charge in [0.15, 0.2) is 0 Å². The van der Waals surface area contributed by atoms with Crippen LogP contribution in [0.25, 0.3) is 11.0 Å². The molecule has 3 rings (SSSR count). The first-order chi connectivity index (χ1) is 9.29. The molecule has 0 unspecified atom stereocenters. The van der Waals surface area contributed by atoms with Gasteiger partial charge in [0, 0.05) is 6.42 Å². The molecule has 0 aliphatic heterocycles. The third-order valence-electron chi connectivity index (χ3n) is 3.26. The van der Waals surface area contributed by atoms with E-state index in [0.717, 1.165) is 41.1 Å². The van der Waals surface area contributed by atoms with Crippen molar-refractivity contribution in [2.24, 2.45) is 0 Å². The summed E-state index contributed by atoms with van der Waals surface area (Å²) in [4.78, 5) is 4.70. The van der Waals surface area contributed by atoms with E-state index >= 15 is 0 Å². The molecule has 1 aromatic carbocycles. The lowest BCUT2D eigenvalue weighted by atomic mass is 10.3. The van der Waals surface area contributed by atoms with Crippen molar-refractivity contribution in [1.82, 2.24) is 19.9 Å². The Labute approximate surface area is 111 Å². The number of fused-ring (bicyclic) bond motifs is 1. The molecule has 2 aromatic heterocycles. The van der Waals surface area contributed by atoms with Crippen LogP contribution in [-0.2, 0) is 13.0 Å². The van der Waals surface area contributed by atoms with Crippen molar-refractivity contribution in [2.45, 2.75) is 33.2 Å². The van der Waals surface area contributed by atoms with Crippen LogP contribution >= 0.6 is 0 Å². The van der Waals surface area contributed by atoms with Gasteiger partial charge in [-0.25, -0.2) is 9.61 Å². The SMILES string of the molecule is CCCc1nc2ccccc2n1Cc1nonc1C. The van der Waals surface area contributed by atoms with Gasteiger partial charge in [-0.1, -0.05) is 29.4 Å². The summed E-state index contributed by atoms with van der Waals surface area (Å²) in [5.41, 5.74) is 3.86. The number of hydrogen-bond acceptors (Lipinski definition) is 4. The quantitative estimate of drug-likeness (QED) is 0.720. The van der Waals surface area contributed by atoms with Gasteiger partial charge in [0.25, 0.3) is 0 Å². The van der Waals surface area contributed by atoms with E-state index < -0.39 is 0 Å². The molecular weight excluding hydrogens is 240 g/mol. The molecule has 0 atom stereocenters. The van der Waals surface area contributed by atoms with Crippen LogP contribution < -0.4 is 0 Å². The van der Waals surface area contributed by atoms with Gasteiger partial charge < -0.3 is 4.57 Å². The first kappa shape index (κ1) is 11.9. The average Bonchev–Trinajstić information content (AvgIpc) is 2.96. The molecule has 0 spiro atoms. The monoisotopic (exact) mass is 256 g/mol. The summed E-state index contributed by atoms with van der Waals surface area (Å²) < 4.78 is 6.97. The average molecular weight is 256 g/mol. The van der Waals surface area contributed by atoms with Crippen LogP contribution in [0.2, 0.25) is 0 Å². The minimum atomic E-state index is 0.658. The summed E-state index contributed by atoms with van der Waals surface area (Å²) in [6.07, 6.45) is 2.03. The highest BCUT2D eigenvalue weighted by molar-refractivity contribution is 5.76. The highest BCUT2D eigenvalue weighted by Gasteiger charge is 2.13. The second-order valence-corrected chi connectivity index (χ2v) is 4.65. The molecule has 0 amide bonds. The predicted molar refractivity (Wildman–Crippen MR) is 71.9 cm³/mol. The minimum Gasteiger partial charge on any atom is -0.322 e. The molecule has 0 saturated heterocycles. The van der Waals surface area contributed by atoms with E-state index in [-0.39, 0.29) is 0 Å².